The van der Waals surface area contributed by atoms with Crippen LogP contribution < -0.4 is 0 Å². The van der Waals surface area contributed by atoms with Crippen LogP contribution in [-0.4, -0.2) is 0 Å². The van der Waals surface area contributed by atoms with Gasteiger partial charge in [0.05, 0.1) is 0 Å². The van der Waals surface area contributed by atoms with E-state index in [2.05, 4.69) is 39.0 Å². The van der Waals surface area contributed by atoms with E-state index in [-0.39, 0.29) is 0 Å². The molecule has 0 spiro atoms. The molecule has 2 aliphatic rings. The monoisotopic (exact) mass is 354 g/mol. The van der Waals surface area contributed by atoms with E-state index in [1.165, 1.54) is 83.5 Å². The predicted molar refractivity (Wildman–Crippen MR) is 115 cm³/mol. The van der Waals surface area contributed by atoms with Gasteiger partial charge in [0.25, 0.3) is 0 Å². The standard InChI is InChI=1S/C26H42/c1-4-6-7-8-21-9-12-23(13-10-21)25-16-15-24-18-22(17-20(3)5-2)11-14-26(24)19-25/h15-16,19-23H,4-14,17-18H2,1-3H3/t20?,21-,22?,23-. The summed E-state index contributed by atoms with van der Waals surface area (Å²) in [5.41, 5.74) is 5.02. The third-order valence-electron chi connectivity index (χ3n) is 7.53. The van der Waals surface area contributed by atoms with E-state index in [1.807, 2.05) is 0 Å². The molecule has 0 heterocycles. The maximum Gasteiger partial charge on any atom is -0.0162 e. The highest BCUT2D eigenvalue weighted by Crippen LogP contribution is 2.39. The first-order valence-corrected chi connectivity index (χ1v) is 11.8. The zero-order chi connectivity index (χ0) is 18.4. The van der Waals surface area contributed by atoms with Crippen LogP contribution >= 0.6 is 0 Å². The number of rotatable bonds is 8. The van der Waals surface area contributed by atoms with Gasteiger partial charge in [0, 0.05) is 0 Å². The Balaban J connectivity index is 1.52. The van der Waals surface area contributed by atoms with E-state index in [0.717, 1.165) is 23.7 Å². The molecule has 0 nitrogen and oxygen atoms in total. The molecule has 0 radical (unpaired) electrons. The molecule has 26 heavy (non-hydrogen) atoms. The summed E-state index contributed by atoms with van der Waals surface area (Å²) in [4.78, 5) is 0. The lowest BCUT2D eigenvalue weighted by Crippen LogP contribution is -2.18. The topological polar surface area (TPSA) is 0 Å². The van der Waals surface area contributed by atoms with Gasteiger partial charge in [-0.15, -0.1) is 0 Å². The second-order valence-electron chi connectivity index (χ2n) is 9.60. The van der Waals surface area contributed by atoms with Gasteiger partial charge in [-0.25, -0.2) is 0 Å². The summed E-state index contributed by atoms with van der Waals surface area (Å²) in [5, 5.41) is 0. The van der Waals surface area contributed by atoms with Gasteiger partial charge < -0.3 is 0 Å². The van der Waals surface area contributed by atoms with Crippen LogP contribution in [0.4, 0.5) is 0 Å². The van der Waals surface area contributed by atoms with Gasteiger partial charge in [0.15, 0.2) is 0 Å². The van der Waals surface area contributed by atoms with Gasteiger partial charge in [0.2, 0.25) is 0 Å². The van der Waals surface area contributed by atoms with Crippen LogP contribution in [0.15, 0.2) is 18.2 Å². The Morgan fingerprint density at radius 1 is 0.923 bits per heavy atom. The summed E-state index contributed by atoms with van der Waals surface area (Å²) in [7, 11) is 0. The van der Waals surface area contributed by atoms with E-state index in [4.69, 9.17) is 0 Å². The lowest BCUT2D eigenvalue weighted by Gasteiger charge is -2.31. The molecular formula is C26H42. The van der Waals surface area contributed by atoms with Crippen molar-refractivity contribution in [3.05, 3.63) is 34.9 Å². The quantitative estimate of drug-likeness (QED) is 0.414. The first-order valence-electron chi connectivity index (χ1n) is 11.8. The fourth-order valence-electron chi connectivity index (χ4n) is 5.51. The smallest absolute Gasteiger partial charge is 0.0162 e. The van der Waals surface area contributed by atoms with Crippen LogP contribution in [-0.2, 0) is 12.8 Å². The van der Waals surface area contributed by atoms with Gasteiger partial charge in [-0.2, -0.15) is 0 Å². The fourth-order valence-corrected chi connectivity index (χ4v) is 5.51. The predicted octanol–water partition coefficient (Wildman–Crippen LogP) is 8.08. The molecule has 146 valence electrons. The number of hydrogen-bond donors (Lipinski definition) is 0. The summed E-state index contributed by atoms with van der Waals surface area (Å²) in [6.07, 6.45) is 18.4. The lowest BCUT2D eigenvalue weighted by molar-refractivity contribution is 0.302. The summed E-state index contributed by atoms with van der Waals surface area (Å²) in [6.45, 7) is 7.09. The van der Waals surface area contributed by atoms with Crippen LogP contribution in [0.3, 0.4) is 0 Å². The van der Waals surface area contributed by atoms with Crippen molar-refractivity contribution in [3.8, 4) is 0 Å². The van der Waals surface area contributed by atoms with E-state index in [0.29, 0.717) is 0 Å². The van der Waals surface area contributed by atoms with E-state index in [1.54, 1.807) is 16.7 Å². The van der Waals surface area contributed by atoms with Gasteiger partial charge in [0.1, 0.15) is 0 Å². The molecule has 0 amide bonds. The van der Waals surface area contributed by atoms with Crippen molar-refractivity contribution >= 4 is 0 Å². The van der Waals surface area contributed by atoms with Gasteiger partial charge in [-0.3, -0.25) is 0 Å². The van der Waals surface area contributed by atoms with Gasteiger partial charge in [-0.05, 0) is 91.7 Å². The molecule has 2 unspecified atom stereocenters. The molecule has 1 saturated carbocycles. The molecule has 0 saturated heterocycles. The zero-order valence-electron chi connectivity index (χ0n) is 17.7. The summed E-state index contributed by atoms with van der Waals surface area (Å²) < 4.78 is 0. The first-order chi connectivity index (χ1) is 12.7. The van der Waals surface area contributed by atoms with E-state index < -0.39 is 0 Å². The Bertz CT molecular complexity index is 535. The summed E-state index contributed by atoms with van der Waals surface area (Å²) in [6, 6.07) is 7.60. The summed E-state index contributed by atoms with van der Waals surface area (Å²) in [5.74, 6) is 3.70. The third-order valence-corrected chi connectivity index (χ3v) is 7.53. The second-order valence-corrected chi connectivity index (χ2v) is 9.60. The van der Waals surface area contributed by atoms with E-state index in [9.17, 15) is 0 Å². The van der Waals surface area contributed by atoms with Gasteiger partial charge in [-0.1, -0.05) is 71.1 Å². The Labute approximate surface area is 163 Å². The number of hydrogen-bond acceptors (Lipinski definition) is 0. The maximum absolute atomic E-state index is 2.61. The van der Waals surface area contributed by atoms with Crippen LogP contribution in [0, 0.1) is 17.8 Å². The normalized spacial score (nSPS) is 27.1. The average Bonchev–Trinajstić information content (AvgIpc) is 2.68. The number of aryl methyl sites for hydroxylation is 1. The van der Waals surface area contributed by atoms with Crippen LogP contribution in [0.2, 0.25) is 0 Å². The highest BCUT2D eigenvalue weighted by atomic mass is 14.3. The SMILES string of the molecule is CCCCC[C@H]1CC[C@H](c2ccc3c(c2)CCC(CC(C)CC)C3)CC1. The molecule has 2 atom stereocenters. The highest BCUT2D eigenvalue weighted by molar-refractivity contribution is 5.36. The molecule has 0 aliphatic heterocycles. The molecule has 2 aliphatic carbocycles. The molecule has 3 rings (SSSR count). The molecule has 1 fully saturated rings. The Morgan fingerprint density at radius 2 is 1.73 bits per heavy atom. The van der Waals surface area contributed by atoms with Crippen LogP contribution in [0.5, 0.6) is 0 Å². The third kappa shape index (κ3) is 5.37. The van der Waals surface area contributed by atoms with Crippen molar-refractivity contribution in [1.82, 2.24) is 0 Å². The Kier molecular flexibility index (Phi) is 7.64. The minimum Gasteiger partial charge on any atom is -0.0654 e. The zero-order valence-corrected chi connectivity index (χ0v) is 17.7. The first kappa shape index (κ1) is 20.0. The minimum atomic E-state index is 0.848. The molecule has 0 N–H and O–H groups in total. The minimum absolute atomic E-state index is 0.848. The Hall–Kier alpha value is -0.780. The number of benzene rings is 1. The average molecular weight is 355 g/mol. The fraction of sp³-hybridized carbons (Fsp3) is 0.769. The molecule has 1 aromatic carbocycles. The summed E-state index contributed by atoms with van der Waals surface area (Å²) >= 11 is 0. The number of unbranched alkanes of at least 4 members (excludes halogenated alkanes) is 2. The lowest BCUT2D eigenvalue weighted by atomic mass is 9.74. The molecule has 0 bridgehead atoms. The van der Waals surface area contributed by atoms with Crippen molar-refractivity contribution in [2.75, 3.05) is 0 Å². The largest absolute Gasteiger partial charge is 0.0654 e. The van der Waals surface area contributed by atoms with Crippen molar-refractivity contribution in [2.24, 2.45) is 17.8 Å². The van der Waals surface area contributed by atoms with Crippen LogP contribution in [0.25, 0.3) is 0 Å². The molecule has 0 aromatic heterocycles. The number of fused-ring (bicyclic) bond motifs is 1. The van der Waals surface area contributed by atoms with Crippen molar-refractivity contribution in [1.29, 1.82) is 0 Å². The van der Waals surface area contributed by atoms with Crippen molar-refractivity contribution < 1.29 is 0 Å². The van der Waals surface area contributed by atoms with Gasteiger partial charge >= 0.3 is 0 Å². The Morgan fingerprint density at radius 3 is 2.46 bits per heavy atom. The van der Waals surface area contributed by atoms with E-state index >= 15 is 0 Å². The molecule has 0 heteroatoms. The second kappa shape index (κ2) is 9.95. The van der Waals surface area contributed by atoms with Crippen molar-refractivity contribution in [2.45, 2.75) is 110 Å². The van der Waals surface area contributed by atoms with Crippen LogP contribution in [0.1, 0.15) is 114 Å². The molecule has 1 aromatic rings. The maximum atomic E-state index is 2.61. The highest BCUT2D eigenvalue weighted by Gasteiger charge is 2.24. The molecular weight excluding hydrogens is 312 g/mol. The van der Waals surface area contributed by atoms with Crippen molar-refractivity contribution in [3.63, 3.8) is 0 Å².